The molecule has 1 aromatic heterocycles. The van der Waals surface area contributed by atoms with Gasteiger partial charge in [-0.3, -0.25) is 10.4 Å². The van der Waals surface area contributed by atoms with Crippen molar-refractivity contribution >= 4 is 34.3 Å². The summed E-state index contributed by atoms with van der Waals surface area (Å²) in [6, 6.07) is 8.15. The molecule has 4 nitrogen and oxygen atoms in total. The van der Waals surface area contributed by atoms with Crippen LogP contribution in [0.3, 0.4) is 0 Å². The summed E-state index contributed by atoms with van der Waals surface area (Å²) in [5, 5.41) is 6.23. The molecular weight excluding hydrogens is 232 g/mol. The summed E-state index contributed by atoms with van der Waals surface area (Å²) in [4.78, 5) is 4.26. The van der Waals surface area contributed by atoms with Gasteiger partial charge >= 0.3 is 0 Å². The Morgan fingerprint density at radius 1 is 1.47 bits per heavy atom. The first-order chi connectivity index (χ1) is 8.16. The van der Waals surface area contributed by atoms with Crippen molar-refractivity contribution in [1.82, 2.24) is 10.4 Å². The van der Waals surface area contributed by atoms with Crippen molar-refractivity contribution in [3.05, 3.63) is 41.7 Å². The molecule has 1 aromatic carbocycles. The van der Waals surface area contributed by atoms with Gasteiger partial charge in [0.1, 0.15) is 0 Å². The molecule has 5 heteroatoms. The Morgan fingerprint density at radius 3 is 3.06 bits per heavy atom. The van der Waals surface area contributed by atoms with Crippen LogP contribution in [0.4, 0.5) is 0 Å². The fraction of sp³-hybridized carbons (Fsp3) is 0.0833. The van der Waals surface area contributed by atoms with Crippen LogP contribution >= 0.6 is 12.2 Å². The lowest BCUT2D eigenvalue weighted by atomic mass is 10.1. The van der Waals surface area contributed by atoms with Crippen LogP contribution in [-0.4, -0.2) is 16.3 Å². The first-order valence-corrected chi connectivity index (χ1v) is 5.51. The Kier molecular flexibility index (Phi) is 3.30. The van der Waals surface area contributed by atoms with Gasteiger partial charge in [0.2, 0.25) is 0 Å². The van der Waals surface area contributed by atoms with Gasteiger partial charge in [-0.05, 0) is 30.6 Å². The van der Waals surface area contributed by atoms with E-state index in [1.165, 1.54) is 5.56 Å². The molecule has 0 radical (unpaired) electrons. The summed E-state index contributed by atoms with van der Waals surface area (Å²) in [7, 11) is 0. The lowest BCUT2D eigenvalue weighted by Crippen LogP contribution is -2.24. The Labute approximate surface area is 105 Å². The molecule has 1 heterocycles. The summed E-state index contributed by atoms with van der Waals surface area (Å²) < 4.78 is 0. The minimum absolute atomic E-state index is 0.136. The van der Waals surface area contributed by atoms with Crippen LogP contribution in [0.2, 0.25) is 0 Å². The van der Waals surface area contributed by atoms with Crippen molar-refractivity contribution in [3.63, 3.8) is 0 Å². The molecule has 0 amide bonds. The van der Waals surface area contributed by atoms with Crippen LogP contribution in [0.5, 0.6) is 0 Å². The lowest BCUT2D eigenvalue weighted by molar-refractivity contribution is 1.04. The number of fused-ring (bicyclic) bond motifs is 1. The molecule has 17 heavy (non-hydrogen) atoms. The van der Waals surface area contributed by atoms with E-state index in [2.05, 4.69) is 40.7 Å². The third-order valence-corrected chi connectivity index (χ3v) is 2.40. The predicted molar refractivity (Wildman–Crippen MR) is 74.0 cm³/mol. The number of nitrogens with one attached hydrogen (secondary N) is 1. The summed E-state index contributed by atoms with van der Waals surface area (Å²) in [6.07, 6.45) is 3.36. The molecule has 0 saturated heterocycles. The first kappa shape index (κ1) is 11.5. The largest absolute Gasteiger partial charge is 0.375 e. The van der Waals surface area contributed by atoms with E-state index in [1.807, 2.05) is 18.2 Å². The molecular formula is C12H12N4S. The van der Waals surface area contributed by atoms with E-state index < -0.39 is 0 Å². The van der Waals surface area contributed by atoms with E-state index in [1.54, 1.807) is 12.4 Å². The Morgan fingerprint density at radius 2 is 2.29 bits per heavy atom. The minimum atomic E-state index is 0.136. The molecule has 0 spiro atoms. The Balaban J connectivity index is 2.40. The van der Waals surface area contributed by atoms with Gasteiger partial charge < -0.3 is 5.73 Å². The Hall–Kier alpha value is -2.01. The molecule has 0 saturated carbocycles. The van der Waals surface area contributed by atoms with Crippen molar-refractivity contribution in [1.29, 1.82) is 0 Å². The fourth-order valence-electron chi connectivity index (χ4n) is 1.58. The van der Waals surface area contributed by atoms with Crippen LogP contribution < -0.4 is 11.2 Å². The predicted octanol–water partition coefficient (Wildman–Crippen LogP) is 1.71. The van der Waals surface area contributed by atoms with Gasteiger partial charge in [-0.15, -0.1) is 0 Å². The monoisotopic (exact) mass is 244 g/mol. The molecule has 3 N–H and O–H groups in total. The Bertz CT molecular complexity index is 592. The second kappa shape index (κ2) is 4.88. The van der Waals surface area contributed by atoms with Crippen LogP contribution in [-0.2, 0) is 0 Å². The van der Waals surface area contributed by atoms with Crippen molar-refractivity contribution in [2.75, 3.05) is 0 Å². The van der Waals surface area contributed by atoms with E-state index in [0.717, 1.165) is 16.5 Å². The number of aryl methyl sites for hydroxylation is 1. The highest BCUT2D eigenvalue weighted by atomic mass is 32.1. The molecule has 0 atom stereocenters. The highest BCUT2D eigenvalue weighted by Crippen LogP contribution is 2.16. The number of nitrogens with two attached hydrogens (primary N) is 1. The van der Waals surface area contributed by atoms with E-state index in [0.29, 0.717) is 0 Å². The number of hydrogen-bond donors (Lipinski definition) is 2. The maximum atomic E-state index is 5.28. The van der Waals surface area contributed by atoms with Gasteiger partial charge in [0.05, 0.1) is 11.9 Å². The van der Waals surface area contributed by atoms with E-state index in [-0.39, 0.29) is 5.11 Å². The molecule has 0 aliphatic carbocycles. The van der Waals surface area contributed by atoms with Crippen LogP contribution in [0.1, 0.15) is 11.3 Å². The third-order valence-electron chi connectivity index (χ3n) is 2.31. The molecule has 0 unspecified atom stereocenters. The number of hydrazone groups is 1. The van der Waals surface area contributed by atoms with Crippen molar-refractivity contribution in [3.8, 4) is 0 Å². The molecule has 0 aliphatic rings. The summed E-state index contributed by atoms with van der Waals surface area (Å²) in [5.41, 5.74) is 9.78. The number of hydrogen-bond acceptors (Lipinski definition) is 3. The van der Waals surface area contributed by atoms with Gasteiger partial charge in [0.25, 0.3) is 0 Å². The van der Waals surface area contributed by atoms with Gasteiger partial charge in [0, 0.05) is 11.6 Å². The van der Waals surface area contributed by atoms with Crippen molar-refractivity contribution in [2.24, 2.45) is 10.8 Å². The van der Waals surface area contributed by atoms with Crippen LogP contribution in [0.15, 0.2) is 35.6 Å². The summed E-state index contributed by atoms with van der Waals surface area (Å²) >= 11 is 4.66. The third kappa shape index (κ3) is 2.76. The van der Waals surface area contributed by atoms with Crippen LogP contribution in [0.25, 0.3) is 10.8 Å². The highest BCUT2D eigenvalue weighted by Gasteiger charge is 1.99. The zero-order valence-corrected chi connectivity index (χ0v) is 10.2. The number of rotatable bonds is 2. The molecule has 0 bridgehead atoms. The van der Waals surface area contributed by atoms with Crippen molar-refractivity contribution in [2.45, 2.75) is 6.92 Å². The SMILES string of the molecule is Cc1ccc2c(/C=N/NC(N)=S)nccc2c1. The average Bonchev–Trinajstić information content (AvgIpc) is 2.28. The quantitative estimate of drug-likeness (QED) is 0.479. The van der Waals surface area contributed by atoms with Crippen LogP contribution in [0, 0.1) is 6.92 Å². The number of thiocarbonyl (C=S) groups is 1. The summed E-state index contributed by atoms with van der Waals surface area (Å²) in [5.74, 6) is 0. The van der Waals surface area contributed by atoms with Gasteiger partial charge in [-0.25, -0.2) is 0 Å². The second-order valence-electron chi connectivity index (χ2n) is 3.66. The van der Waals surface area contributed by atoms with Gasteiger partial charge in [0.15, 0.2) is 5.11 Å². The molecule has 2 rings (SSSR count). The average molecular weight is 244 g/mol. The zero-order valence-electron chi connectivity index (χ0n) is 9.34. The molecule has 2 aromatic rings. The normalized spacial score (nSPS) is 10.9. The molecule has 0 aliphatic heterocycles. The second-order valence-corrected chi connectivity index (χ2v) is 4.09. The molecule has 0 fully saturated rings. The number of aromatic nitrogens is 1. The number of nitrogens with zero attached hydrogens (tertiary/aromatic N) is 2. The molecule has 86 valence electrons. The van der Waals surface area contributed by atoms with E-state index >= 15 is 0 Å². The first-order valence-electron chi connectivity index (χ1n) is 5.11. The lowest BCUT2D eigenvalue weighted by Gasteiger charge is -2.02. The standard InChI is InChI=1S/C12H12N4S/c1-8-2-3-10-9(6-8)4-5-14-11(10)7-15-16-12(13)17/h2-7H,1H3,(H3,13,16,17)/b15-7+. The number of benzene rings is 1. The summed E-state index contributed by atoms with van der Waals surface area (Å²) in [6.45, 7) is 2.06. The minimum Gasteiger partial charge on any atom is -0.375 e. The van der Waals surface area contributed by atoms with E-state index in [9.17, 15) is 0 Å². The zero-order chi connectivity index (χ0) is 12.3. The fourth-order valence-corrected chi connectivity index (χ4v) is 1.63. The number of pyridine rings is 1. The van der Waals surface area contributed by atoms with Gasteiger partial charge in [-0.2, -0.15) is 5.10 Å². The van der Waals surface area contributed by atoms with Crippen molar-refractivity contribution < 1.29 is 0 Å². The maximum Gasteiger partial charge on any atom is 0.184 e. The maximum absolute atomic E-state index is 5.28. The smallest absolute Gasteiger partial charge is 0.184 e. The highest BCUT2D eigenvalue weighted by molar-refractivity contribution is 7.80. The van der Waals surface area contributed by atoms with Gasteiger partial charge in [-0.1, -0.05) is 23.8 Å². The van der Waals surface area contributed by atoms with E-state index in [4.69, 9.17) is 5.73 Å². The topological polar surface area (TPSA) is 63.3 Å².